The van der Waals surface area contributed by atoms with Crippen LogP contribution < -0.4 is 4.90 Å². The van der Waals surface area contributed by atoms with Gasteiger partial charge in [0.1, 0.15) is 0 Å². The summed E-state index contributed by atoms with van der Waals surface area (Å²) in [5.74, 6) is 3.32. The summed E-state index contributed by atoms with van der Waals surface area (Å²) in [6, 6.07) is 1.86. The average molecular weight is 317 g/mol. The zero-order valence-electron chi connectivity index (χ0n) is 15.0. The smallest absolute Gasteiger partial charge is 0.224 e. The van der Waals surface area contributed by atoms with Gasteiger partial charge >= 0.3 is 0 Å². The van der Waals surface area contributed by atoms with Gasteiger partial charge in [-0.25, -0.2) is 9.97 Å². The fourth-order valence-corrected chi connectivity index (χ4v) is 3.23. The summed E-state index contributed by atoms with van der Waals surface area (Å²) in [4.78, 5) is 10.7. The van der Waals surface area contributed by atoms with Gasteiger partial charge in [0, 0.05) is 32.6 Å². The Hall–Kier alpha value is -1.42. The number of allylic oxidation sites excluding steroid dienone is 1. The number of anilines is 1. The van der Waals surface area contributed by atoms with E-state index in [2.05, 4.69) is 47.9 Å². The van der Waals surface area contributed by atoms with Crippen molar-refractivity contribution >= 4 is 5.95 Å². The van der Waals surface area contributed by atoms with Crippen molar-refractivity contribution in [1.82, 2.24) is 9.97 Å². The van der Waals surface area contributed by atoms with E-state index in [4.69, 9.17) is 4.74 Å². The largest absolute Gasteiger partial charge is 0.374 e. The van der Waals surface area contributed by atoms with Crippen molar-refractivity contribution < 1.29 is 4.74 Å². The quantitative estimate of drug-likeness (QED) is 0.613. The molecule has 0 N–H and O–H groups in total. The van der Waals surface area contributed by atoms with Gasteiger partial charge in [0.15, 0.2) is 0 Å². The van der Waals surface area contributed by atoms with E-state index in [0.29, 0.717) is 0 Å². The van der Waals surface area contributed by atoms with Gasteiger partial charge in [0.05, 0.1) is 6.10 Å². The van der Waals surface area contributed by atoms with Crippen LogP contribution in [-0.2, 0) is 4.74 Å². The molecule has 1 saturated carbocycles. The summed E-state index contributed by atoms with van der Waals surface area (Å²) >= 11 is 0. The first-order valence-electron chi connectivity index (χ1n) is 8.84. The zero-order chi connectivity index (χ0) is 16.7. The minimum atomic E-state index is 0.245. The molecule has 1 fully saturated rings. The van der Waals surface area contributed by atoms with Gasteiger partial charge in [0.2, 0.25) is 5.95 Å². The van der Waals surface area contributed by atoms with Crippen LogP contribution in [0.5, 0.6) is 0 Å². The molecule has 2 rings (SSSR count). The van der Waals surface area contributed by atoms with Crippen LogP contribution in [0.4, 0.5) is 5.95 Å². The molecule has 0 aromatic carbocycles. The summed E-state index contributed by atoms with van der Waals surface area (Å²) in [6.07, 6.45) is 11.8. The fourth-order valence-electron chi connectivity index (χ4n) is 3.23. The number of hydrogen-bond donors (Lipinski definition) is 0. The molecule has 0 saturated heterocycles. The van der Waals surface area contributed by atoms with Gasteiger partial charge < -0.3 is 9.64 Å². The molecule has 1 aromatic rings. The van der Waals surface area contributed by atoms with Crippen LogP contribution in [-0.4, -0.2) is 36.3 Å². The van der Waals surface area contributed by atoms with Crippen molar-refractivity contribution in [3.63, 3.8) is 0 Å². The van der Waals surface area contributed by atoms with Gasteiger partial charge in [-0.05, 0) is 56.9 Å². The predicted molar refractivity (Wildman–Crippen MR) is 95.5 cm³/mol. The maximum atomic E-state index is 5.81. The summed E-state index contributed by atoms with van der Waals surface area (Å²) < 4.78 is 5.81. The standard InChI is InChI=1S/C19H31N3O/c1-5-7-16(3)23-13-9-17-14-18(17)15(2)8-12-22(4)19-20-10-6-11-21-19/h5-7,10-11,15-18H,8-9,12-14H2,1-4H3/b7-5-. The Morgan fingerprint density at radius 1 is 1.35 bits per heavy atom. The second kappa shape index (κ2) is 9.02. The van der Waals surface area contributed by atoms with E-state index in [1.54, 1.807) is 12.4 Å². The van der Waals surface area contributed by atoms with Gasteiger partial charge in [-0.3, -0.25) is 0 Å². The lowest BCUT2D eigenvalue weighted by atomic mass is 9.99. The van der Waals surface area contributed by atoms with Crippen LogP contribution in [0.3, 0.4) is 0 Å². The Kier molecular flexibility index (Phi) is 7.03. The average Bonchev–Trinajstić information content (AvgIpc) is 3.33. The number of aromatic nitrogens is 2. The van der Waals surface area contributed by atoms with Crippen molar-refractivity contribution in [2.75, 3.05) is 25.1 Å². The summed E-state index contributed by atoms with van der Waals surface area (Å²) in [5, 5.41) is 0. The SMILES string of the molecule is C/C=C\C(C)OCCC1CC1C(C)CCN(C)c1ncccn1. The molecule has 128 valence electrons. The highest BCUT2D eigenvalue weighted by Crippen LogP contribution is 2.47. The third-order valence-corrected chi connectivity index (χ3v) is 4.85. The van der Waals surface area contributed by atoms with Crippen LogP contribution >= 0.6 is 0 Å². The molecule has 1 aliphatic carbocycles. The molecule has 4 heteroatoms. The zero-order valence-corrected chi connectivity index (χ0v) is 15.0. The highest BCUT2D eigenvalue weighted by atomic mass is 16.5. The summed E-state index contributed by atoms with van der Waals surface area (Å²) in [5.41, 5.74) is 0. The van der Waals surface area contributed by atoms with Crippen molar-refractivity contribution in [1.29, 1.82) is 0 Å². The molecule has 4 atom stereocenters. The summed E-state index contributed by atoms with van der Waals surface area (Å²) in [7, 11) is 2.07. The van der Waals surface area contributed by atoms with E-state index in [0.717, 1.165) is 36.9 Å². The maximum Gasteiger partial charge on any atom is 0.224 e. The maximum absolute atomic E-state index is 5.81. The first-order valence-corrected chi connectivity index (χ1v) is 8.84. The molecular weight excluding hydrogens is 286 g/mol. The van der Waals surface area contributed by atoms with Crippen molar-refractivity contribution in [3.8, 4) is 0 Å². The second-order valence-electron chi connectivity index (χ2n) is 6.79. The first kappa shape index (κ1) is 17.9. The number of rotatable bonds is 10. The molecular formula is C19H31N3O. The third-order valence-electron chi connectivity index (χ3n) is 4.85. The monoisotopic (exact) mass is 317 g/mol. The van der Waals surface area contributed by atoms with E-state index in [9.17, 15) is 0 Å². The minimum Gasteiger partial charge on any atom is -0.374 e. The highest BCUT2D eigenvalue weighted by molar-refractivity contribution is 5.26. The van der Waals surface area contributed by atoms with E-state index in [1.807, 2.05) is 13.0 Å². The van der Waals surface area contributed by atoms with Crippen LogP contribution in [0.25, 0.3) is 0 Å². The first-order chi connectivity index (χ1) is 11.1. The molecule has 4 nitrogen and oxygen atoms in total. The molecule has 0 amide bonds. The van der Waals surface area contributed by atoms with E-state index in [1.165, 1.54) is 19.3 Å². The van der Waals surface area contributed by atoms with Gasteiger partial charge in [-0.15, -0.1) is 0 Å². The minimum absolute atomic E-state index is 0.245. The predicted octanol–water partition coefficient (Wildman–Crippen LogP) is 3.95. The Bertz CT molecular complexity index is 477. The number of nitrogens with zero attached hydrogens (tertiary/aromatic N) is 3. The molecule has 1 aromatic heterocycles. The Balaban J connectivity index is 1.61. The third kappa shape index (κ3) is 5.94. The van der Waals surface area contributed by atoms with Crippen molar-refractivity contribution in [2.45, 2.75) is 46.1 Å². The lowest BCUT2D eigenvalue weighted by Crippen LogP contribution is -2.23. The lowest BCUT2D eigenvalue weighted by Gasteiger charge is -2.19. The van der Waals surface area contributed by atoms with Crippen molar-refractivity contribution in [3.05, 3.63) is 30.6 Å². The molecule has 0 aliphatic heterocycles. The second-order valence-corrected chi connectivity index (χ2v) is 6.79. The molecule has 4 unspecified atom stereocenters. The van der Waals surface area contributed by atoms with E-state index in [-0.39, 0.29) is 6.10 Å². The van der Waals surface area contributed by atoms with Crippen LogP contribution in [0.15, 0.2) is 30.6 Å². The van der Waals surface area contributed by atoms with Crippen molar-refractivity contribution in [2.24, 2.45) is 17.8 Å². The Morgan fingerprint density at radius 2 is 2.09 bits per heavy atom. The van der Waals surface area contributed by atoms with Gasteiger partial charge in [-0.1, -0.05) is 19.1 Å². The number of ether oxygens (including phenoxy) is 1. The van der Waals surface area contributed by atoms with E-state index >= 15 is 0 Å². The molecule has 0 spiro atoms. The normalized spacial score (nSPS) is 23.0. The van der Waals surface area contributed by atoms with Gasteiger partial charge in [0.25, 0.3) is 0 Å². The molecule has 1 aliphatic rings. The lowest BCUT2D eigenvalue weighted by molar-refractivity contribution is 0.0908. The fraction of sp³-hybridized carbons (Fsp3) is 0.684. The highest BCUT2D eigenvalue weighted by Gasteiger charge is 2.40. The van der Waals surface area contributed by atoms with Crippen LogP contribution in [0, 0.1) is 17.8 Å². The molecule has 1 heterocycles. The van der Waals surface area contributed by atoms with E-state index < -0.39 is 0 Å². The van der Waals surface area contributed by atoms with Gasteiger partial charge in [-0.2, -0.15) is 0 Å². The molecule has 0 radical (unpaired) electrons. The summed E-state index contributed by atoms with van der Waals surface area (Å²) in [6.45, 7) is 8.43. The van der Waals surface area contributed by atoms with Crippen LogP contribution in [0.2, 0.25) is 0 Å². The molecule has 0 bridgehead atoms. The molecule has 23 heavy (non-hydrogen) atoms. The number of hydrogen-bond acceptors (Lipinski definition) is 4. The Labute approximate surface area is 141 Å². The van der Waals surface area contributed by atoms with Crippen LogP contribution in [0.1, 0.15) is 40.0 Å². The topological polar surface area (TPSA) is 38.2 Å². The Morgan fingerprint density at radius 3 is 2.78 bits per heavy atom.